The third-order valence-electron chi connectivity index (χ3n) is 4.91. The Hall–Kier alpha value is -3.13. The number of hydrogen-bond acceptors (Lipinski definition) is 5. The molecule has 3 N–H and O–H groups in total. The zero-order chi connectivity index (χ0) is 19.3. The molecule has 1 fully saturated rings. The van der Waals surface area contributed by atoms with Crippen LogP contribution in [0, 0.1) is 0 Å². The van der Waals surface area contributed by atoms with Gasteiger partial charge in [-0.3, -0.25) is 10.4 Å². The molecule has 8 nitrogen and oxygen atoms in total. The van der Waals surface area contributed by atoms with Crippen LogP contribution in [-0.4, -0.2) is 48.0 Å². The van der Waals surface area contributed by atoms with Gasteiger partial charge in [-0.2, -0.15) is 5.10 Å². The van der Waals surface area contributed by atoms with Crippen LogP contribution in [0.4, 0.5) is 16.4 Å². The Morgan fingerprint density at radius 3 is 2.82 bits per heavy atom. The number of fused-ring (bicyclic) bond motifs is 1. The largest absolute Gasteiger partial charge is 0.382 e. The minimum absolute atomic E-state index is 0.246. The molecule has 0 radical (unpaired) electrons. The van der Waals surface area contributed by atoms with Gasteiger partial charge in [0.15, 0.2) is 5.82 Å². The molecule has 146 valence electrons. The van der Waals surface area contributed by atoms with Crippen molar-refractivity contribution in [3.63, 3.8) is 0 Å². The predicted octanol–water partition coefficient (Wildman–Crippen LogP) is 3.07. The Morgan fingerprint density at radius 2 is 2.07 bits per heavy atom. The summed E-state index contributed by atoms with van der Waals surface area (Å²) in [5.41, 5.74) is 1.83. The number of urea groups is 1. The SMILES string of the molecule is COC[C@@H](NC(=O)Nc1cc2[nH]nc(N3CCCC3)c2cn1)c1ccccc1. The molecule has 1 aromatic carbocycles. The fourth-order valence-corrected chi connectivity index (χ4v) is 3.52. The number of carbonyl (C=O) groups excluding carboxylic acids is 1. The van der Waals surface area contributed by atoms with Crippen molar-refractivity contribution in [3.05, 3.63) is 48.2 Å². The number of nitrogens with one attached hydrogen (secondary N) is 3. The standard InChI is InChI=1S/C20H24N6O2/c1-28-13-17(14-7-3-2-4-8-14)22-20(27)23-18-11-16-15(12-21-18)19(25-24-16)26-9-5-6-10-26/h2-4,7-8,11-12,17H,5-6,9-10,13H2,1H3,(H,24,25)(H2,21,22,23,27)/t17-/m1/s1. The topological polar surface area (TPSA) is 95.2 Å². The summed E-state index contributed by atoms with van der Waals surface area (Å²) >= 11 is 0. The molecule has 0 aliphatic carbocycles. The van der Waals surface area contributed by atoms with Gasteiger partial charge >= 0.3 is 6.03 Å². The van der Waals surface area contributed by atoms with Crippen molar-refractivity contribution in [2.45, 2.75) is 18.9 Å². The highest BCUT2D eigenvalue weighted by Gasteiger charge is 2.19. The van der Waals surface area contributed by atoms with E-state index in [-0.39, 0.29) is 12.1 Å². The van der Waals surface area contributed by atoms with Crippen LogP contribution >= 0.6 is 0 Å². The van der Waals surface area contributed by atoms with E-state index in [1.54, 1.807) is 19.4 Å². The number of H-pyrrole nitrogens is 1. The number of nitrogens with zero attached hydrogens (tertiary/aromatic N) is 3. The summed E-state index contributed by atoms with van der Waals surface area (Å²) in [4.78, 5) is 19.1. The second kappa shape index (κ2) is 8.26. The molecule has 3 aromatic rings. The Balaban J connectivity index is 1.45. The number of amides is 2. The summed E-state index contributed by atoms with van der Waals surface area (Å²) in [6.07, 6.45) is 4.13. The van der Waals surface area contributed by atoms with Crippen molar-refractivity contribution >= 4 is 28.6 Å². The van der Waals surface area contributed by atoms with Gasteiger partial charge in [0.25, 0.3) is 0 Å². The molecule has 2 aromatic heterocycles. The van der Waals surface area contributed by atoms with Gasteiger partial charge in [-0.25, -0.2) is 9.78 Å². The summed E-state index contributed by atoms with van der Waals surface area (Å²) in [7, 11) is 1.61. The number of hydrogen-bond donors (Lipinski definition) is 3. The fraction of sp³-hybridized carbons (Fsp3) is 0.350. The lowest BCUT2D eigenvalue weighted by Gasteiger charge is -2.18. The predicted molar refractivity (Wildman–Crippen MR) is 109 cm³/mol. The van der Waals surface area contributed by atoms with E-state index < -0.39 is 0 Å². The van der Waals surface area contributed by atoms with E-state index in [4.69, 9.17) is 4.74 Å². The van der Waals surface area contributed by atoms with Crippen molar-refractivity contribution in [3.8, 4) is 0 Å². The first kappa shape index (κ1) is 18.2. The molecular weight excluding hydrogens is 356 g/mol. The molecule has 1 saturated heterocycles. The number of benzene rings is 1. The third-order valence-corrected chi connectivity index (χ3v) is 4.91. The van der Waals surface area contributed by atoms with Gasteiger partial charge < -0.3 is 15.0 Å². The average molecular weight is 380 g/mol. The summed E-state index contributed by atoms with van der Waals surface area (Å²) in [6, 6.07) is 10.9. The second-order valence-corrected chi connectivity index (χ2v) is 6.87. The van der Waals surface area contributed by atoms with E-state index in [1.807, 2.05) is 30.3 Å². The summed E-state index contributed by atoms with van der Waals surface area (Å²) < 4.78 is 5.24. The minimum atomic E-state index is -0.336. The number of ether oxygens (including phenoxy) is 1. The highest BCUT2D eigenvalue weighted by Crippen LogP contribution is 2.27. The number of pyridine rings is 1. The Labute approximate surface area is 163 Å². The Morgan fingerprint density at radius 1 is 1.29 bits per heavy atom. The lowest BCUT2D eigenvalue weighted by Crippen LogP contribution is -2.35. The van der Waals surface area contributed by atoms with E-state index in [2.05, 4.69) is 30.7 Å². The fourth-order valence-electron chi connectivity index (χ4n) is 3.52. The van der Waals surface area contributed by atoms with Gasteiger partial charge in [0.1, 0.15) is 5.82 Å². The molecule has 0 saturated carbocycles. The van der Waals surface area contributed by atoms with Gasteiger partial charge in [0.05, 0.1) is 23.6 Å². The van der Waals surface area contributed by atoms with Crippen LogP contribution < -0.4 is 15.5 Å². The Kier molecular flexibility index (Phi) is 5.38. The molecule has 0 bridgehead atoms. The molecule has 1 atom stereocenters. The molecule has 4 rings (SSSR count). The number of aromatic amines is 1. The van der Waals surface area contributed by atoms with Crippen LogP contribution in [0.2, 0.25) is 0 Å². The molecule has 3 heterocycles. The first-order valence-corrected chi connectivity index (χ1v) is 9.45. The van der Waals surface area contributed by atoms with E-state index in [9.17, 15) is 4.79 Å². The van der Waals surface area contributed by atoms with E-state index in [0.717, 1.165) is 35.4 Å². The normalized spacial score (nSPS) is 15.0. The maximum Gasteiger partial charge on any atom is 0.320 e. The van der Waals surface area contributed by atoms with Crippen LogP contribution in [0.25, 0.3) is 10.9 Å². The third kappa shape index (κ3) is 3.91. The molecule has 1 aliphatic heterocycles. The second-order valence-electron chi connectivity index (χ2n) is 6.87. The van der Waals surface area contributed by atoms with Gasteiger partial charge in [-0.15, -0.1) is 0 Å². The summed E-state index contributed by atoms with van der Waals surface area (Å²) in [6.45, 7) is 2.41. The number of carbonyl (C=O) groups is 1. The van der Waals surface area contributed by atoms with Gasteiger partial charge in [-0.1, -0.05) is 30.3 Å². The first-order chi connectivity index (χ1) is 13.7. The van der Waals surface area contributed by atoms with Crippen molar-refractivity contribution in [2.75, 3.05) is 37.0 Å². The van der Waals surface area contributed by atoms with Crippen LogP contribution in [0.3, 0.4) is 0 Å². The van der Waals surface area contributed by atoms with Crippen molar-refractivity contribution < 1.29 is 9.53 Å². The monoisotopic (exact) mass is 380 g/mol. The van der Waals surface area contributed by atoms with Crippen LogP contribution in [0.5, 0.6) is 0 Å². The zero-order valence-electron chi connectivity index (χ0n) is 15.8. The Bertz CT molecular complexity index is 936. The van der Waals surface area contributed by atoms with Crippen LogP contribution in [0.1, 0.15) is 24.4 Å². The van der Waals surface area contributed by atoms with Crippen molar-refractivity contribution in [1.82, 2.24) is 20.5 Å². The van der Waals surface area contributed by atoms with Gasteiger partial charge in [0.2, 0.25) is 0 Å². The number of rotatable bonds is 6. The molecule has 1 aliphatic rings. The molecule has 8 heteroatoms. The lowest BCUT2D eigenvalue weighted by molar-refractivity contribution is 0.168. The molecule has 0 spiro atoms. The quantitative estimate of drug-likeness (QED) is 0.611. The number of anilines is 2. The van der Waals surface area contributed by atoms with Gasteiger partial charge in [0, 0.05) is 32.5 Å². The first-order valence-electron chi connectivity index (χ1n) is 9.45. The highest BCUT2D eigenvalue weighted by atomic mass is 16.5. The smallest absolute Gasteiger partial charge is 0.320 e. The van der Waals surface area contributed by atoms with Crippen LogP contribution in [-0.2, 0) is 4.74 Å². The summed E-state index contributed by atoms with van der Waals surface area (Å²) in [5, 5.41) is 14.2. The molecular formula is C20H24N6O2. The maximum absolute atomic E-state index is 12.5. The van der Waals surface area contributed by atoms with E-state index in [0.29, 0.717) is 12.4 Å². The zero-order valence-corrected chi connectivity index (χ0v) is 15.8. The molecule has 2 amide bonds. The average Bonchev–Trinajstić information content (AvgIpc) is 3.37. The van der Waals surface area contributed by atoms with E-state index >= 15 is 0 Å². The molecule has 0 unspecified atom stereocenters. The van der Waals surface area contributed by atoms with Crippen molar-refractivity contribution in [1.29, 1.82) is 0 Å². The molecule has 28 heavy (non-hydrogen) atoms. The van der Waals surface area contributed by atoms with Crippen LogP contribution in [0.15, 0.2) is 42.6 Å². The minimum Gasteiger partial charge on any atom is -0.382 e. The van der Waals surface area contributed by atoms with E-state index in [1.165, 1.54) is 12.8 Å². The van der Waals surface area contributed by atoms with Crippen molar-refractivity contribution in [2.24, 2.45) is 0 Å². The number of methoxy groups -OCH3 is 1. The highest BCUT2D eigenvalue weighted by molar-refractivity contribution is 5.94. The number of aromatic nitrogens is 3. The maximum atomic E-state index is 12.5. The van der Waals surface area contributed by atoms with Gasteiger partial charge in [-0.05, 0) is 18.4 Å². The lowest BCUT2D eigenvalue weighted by atomic mass is 10.1. The summed E-state index contributed by atoms with van der Waals surface area (Å²) in [5.74, 6) is 1.39.